The summed E-state index contributed by atoms with van der Waals surface area (Å²) in [5.74, 6) is 0. The van der Waals surface area contributed by atoms with Crippen LogP contribution in [0.4, 0.5) is 5.69 Å². The van der Waals surface area contributed by atoms with Gasteiger partial charge >= 0.3 is 0 Å². The smallest absolute Gasteiger partial charge is 0.0726 e. The van der Waals surface area contributed by atoms with Crippen molar-refractivity contribution in [3.63, 3.8) is 0 Å². The molecular weight excluding hydrogens is 234 g/mol. The lowest BCUT2D eigenvalue weighted by molar-refractivity contribution is 0.327. The number of aromatic nitrogens is 1. The van der Waals surface area contributed by atoms with E-state index >= 15 is 0 Å². The molecule has 1 heterocycles. The third-order valence-electron chi connectivity index (χ3n) is 3.67. The minimum absolute atomic E-state index is 0.322. The molecule has 3 N–H and O–H groups in total. The summed E-state index contributed by atoms with van der Waals surface area (Å²) in [4.78, 5) is 4.64. The van der Waals surface area contributed by atoms with Gasteiger partial charge < -0.3 is 11.1 Å². The lowest BCUT2D eigenvalue weighted by Gasteiger charge is -2.22. The number of rotatable bonds is 5. The number of nitrogens with zero attached hydrogens (tertiary/aromatic N) is 1. The van der Waals surface area contributed by atoms with Crippen molar-refractivity contribution in [2.75, 3.05) is 12.3 Å². The Hall–Kier alpha value is -1.61. The van der Waals surface area contributed by atoms with Crippen LogP contribution < -0.4 is 11.1 Å². The van der Waals surface area contributed by atoms with Gasteiger partial charge in [0.1, 0.15) is 0 Å². The van der Waals surface area contributed by atoms with Crippen LogP contribution >= 0.6 is 0 Å². The number of nitrogens with one attached hydrogen (secondary N) is 1. The van der Waals surface area contributed by atoms with E-state index in [1.807, 2.05) is 30.3 Å². The zero-order valence-electron chi connectivity index (χ0n) is 12.0. The highest BCUT2D eigenvalue weighted by Crippen LogP contribution is 2.21. The third kappa shape index (κ3) is 3.44. The minimum Gasteiger partial charge on any atom is -0.398 e. The summed E-state index contributed by atoms with van der Waals surface area (Å²) in [6.07, 6.45) is 1.16. The molecule has 102 valence electrons. The summed E-state index contributed by atoms with van der Waals surface area (Å²) in [5, 5.41) is 4.49. The molecule has 0 saturated carbocycles. The Morgan fingerprint density at radius 2 is 2.00 bits per heavy atom. The summed E-state index contributed by atoms with van der Waals surface area (Å²) < 4.78 is 0. The molecule has 0 aliphatic rings. The van der Waals surface area contributed by atoms with Crippen LogP contribution in [0.2, 0.25) is 0 Å². The summed E-state index contributed by atoms with van der Waals surface area (Å²) >= 11 is 0. The molecular formula is C16H23N3. The van der Waals surface area contributed by atoms with Crippen molar-refractivity contribution in [2.45, 2.75) is 33.7 Å². The van der Waals surface area contributed by atoms with E-state index in [0.29, 0.717) is 5.41 Å². The summed E-state index contributed by atoms with van der Waals surface area (Å²) in [7, 11) is 0. The maximum absolute atomic E-state index is 6.07. The SMILES string of the molecule is CCC(C)(C)CNCc1cc(N)c2ccccc2n1. The van der Waals surface area contributed by atoms with Crippen molar-refractivity contribution < 1.29 is 0 Å². The van der Waals surface area contributed by atoms with E-state index < -0.39 is 0 Å². The number of benzene rings is 1. The van der Waals surface area contributed by atoms with Crippen molar-refractivity contribution in [3.8, 4) is 0 Å². The van der Waals surface area contributed by atoms with Gasteiger partial charge in [-0.2, -0.15) is 0 Å². The van der Waals surface area contributed by atoms with Gasteiger partial charge in [-0.1, -0.05) is 39.0 Å². The molecule has 0 bridgehead atoms. The fraction of sp³-hybridized carbons (Fsp3) is 0.438. The number of nitrogens with two attached hydrogens (primary N) is 1. The first kappa shape index (κ1) is 13.8. The molecule has 0 aliphatic heterocycles. The first-order chi connectivity index (χ1) is 9.02. The molecule has 1 aromatic carbocycles. The lowest BCUT2D eigenvalue weighted by atomic mass is 9.90. The van der Waals surface area contributed by atoms with Gasteiger partial charge in [0.15, 0.2) is 0 Å². The fourth-order valence-corrected chi connectivity index (χ4v) is 2.00. The van der Waals surface area contributed by atoms with Crippen LogP contribution in [0.1, 0.15) is 32.9 Å². The molecule has 3 nitrogen and oxygen atoms in total. The minimum atomic E-state index is 0.322. The van der Waals surface area contributed by atoms with Crippen LogP contribution in [0.15, 0.2) is 30.3 Å². The molecule has 0 spiro atoms. The van der Waals surface area contributed by atoms with E-state index in [4.69, 9.17) is 5.73 Å². The molecule has 1 aromatic heterocycles. The lowest BCUT2D eigenvalue weighted by Crippen LogP contribution is -2.28. The monoisotopic (exact) mass is 257 g/mol. The third-order valence-corrected chi connectivity index (χ3v) is 3.67. The molecule has 0 aliphatic carbocycles. The van der Waals surface area contributed by atoms with E-state index in [1.54, 1.807) is 0 Å². The van der Waals surface area contributed by atoms with Gasteiger partial charge in [-0.25, -0.2) is 0 Å². The molecule has 0 amide bonds. The molecule has 2 aromatic rings. The summed E-state index contributed by atoms with van der Waals surface area (Å²) in [5.41, 5.74) is 9.17. The van der Waals surface area contributed by atoms with Gasteiger partial charge in [0.25, 0.3) is 0 Å². The second-order valence-corrected chi connectivity index (χ2v) is 5.84. The van der Waals surface area contributed by atoms with Crippen molar-refractivity contribution in [3.05, 3.63) is 36.0 Å². The van der Waals surface area contributed by atoms with Gasteiger partial charge in [-0.05, 0) is 24.0 Å². The van der Waals surface area contributed by atoms with Gasteiger partial charge in [-0.3, -0.25) is 4.98 Å². The molecule has 0 saturated heterocycles. The van der Waals surface area contributed by atoms with E-state index in [2.05, 4.69) is 31.1 Å². The topological polar surface area (TPSA) is 50.9 Å². The number of fused-ring (bicyclic) bond motifs is 1. The molecule has 0 fully saturated rings. The van der Waals surface area contributed by atoms with Crippen LogP contribution in [0.3, 0.4) is 0 Å². The largest absolute Gasteiger partial charge is 0.398 e. The Bertz CT molecular complexity index is 561. The van der Waals surface area contributed by atoms with Gasteiger partial charge in [0.05, 0.1) is 11.2 Å². The number of nitrogen functional groups attached to an aromatic ring is 1. The molecule has 0 atom stereocenters. The normalized spacial score (nSPS) is 11.9. The van der Waals surface area contributed by atoms with Crippen molar-refractivity contribution in [2.24, 2.45) is 5.41 Å². The zero-order valence-corrected chi connectivity index (χ0v) is 12.0. The quantitative estimate of drug-likeness (QED) is 0.863. The number of hydrogen-bond donors (Lipinski definition) is 2. The van der Waals surface area contributed by atoms with E-state index in [0.717, 1.165) is 41.8 Å². The Kier molecular flexibility index (Phi) is 4.05. The maximum Gasteiger partial charge on any atom is 0.0726 e. The Balaban J connectivity index is 2.09. The average Bonchev–Trinajstić information content (AvgIpc) is 2.39. The second-order valence-electron chi connectivity index (χ2n) is 5.84. The first-order valence-corrected chi connectivity index (χ1v) is 6.87. The highest BCUT2D eigenvalue weighted by molar-refractivity contribution is 5.90. The van der Waals surface area contributed by atoms with Crippen molar-refractivity contribution in [1.29, 1.82) is 0 Å². The molecule has 19 heavy (non-hydrogen) atoms. The summed E-state index contributed by atoms with van der Waals surface area (Å²) in [6, 6.07) is 9.96. The predicted octanol–water partition coefficient (Wildman–Crippen LogP) is 3.34. The van der Waals surface area contributed by atoms with Crippen LogP contribution in [-0.2, 0) is 6.54 Å². The molecule has 3 heteroatoms. The van der Waals surface area contributed by atoms with E-state index in [9.17, 15) is 0 Å². The first-order valence-electron chi connectivity index (χ1n) is 6.87. The summed E-state index contributed by atoms with van der Waals surface area (Å²) in [6.45, 7) is 8.49. The maximum atomic E-state index is 6.07. The average molecular weight is 257 g/mol. The van der Waals surface area contributed by atoms with Crippen LogP contribution in [0.5, 0.6) is 0 Å². The van der Waals surface area contributed by atoms with Gasteiger partial charge in [0, 0.05) is 24.2 Å². The Morgan fingerprint density at radius 3 is 2.74 bits per heavy atom. The van der Waals surface area contributed by atoms with Gasteiger partial charge in [-0.15, -0.1) is 0 Å². The van der Waals surface area contributed by atoms with E-state index in [-0.39, 0.29) is 0 Å². The Morgan fingerprint density at radius 1 is 1.26 bits per heavy atom. The van der Waals surface area contributed by atoms with Gasteiger partial charge in [0.2, 0.25) is 0 Å². The van der Waals surface area contributed by atoms with Crippen LogP contribution in [0.25, 0.3) is 10.9 Å². The highest BCUT2D eigenvalue weighted by atomic mass is 14.9. The number of hydrogen-bond acceptors (Lipinski definition) is 3. The Labute approximate surface area is 115 Å². The number of para-hydroxylation sites is 1. The second kappa shape index (κ2) is 5.57. The zero-order chi connectivity index (χ0) is 13.9. The predicted molar refractivity (Wildman–Crippen MR) is 81.9 cm³/mol. The number of anilines is 1. The molecule has 0 radical (unpaired) electrons. The van der Waals surface area contributed by atoms with Crippen LogP contribution in [0, 0.1) is 5.41 Å². The van der Waals surface area contributed by atoms with Crippen molar-refractivity contribution in [1.82, 2.24) is 10.3 Å². The van der Waals surface area contributed by atoms with E-state index in [1.165, 1.54) is 0 Å². The fourth-order valence-electron chi connectivity index (χ4n) is 2.00. The highest BCUT2D eigenvalue weighted by Gasteiger charge is 2.14. The number of pyridine rings is 1. The molecule has 2 rings (SSSR count). The standard InChI is InChI=1S/C16H23N3/c1-4-16(2,3)11-18-10-12-9-14(17)13-7-5-6-8-15(13)19-12/h5-9,18H,4,10-11H2,1-3H3,(H2,17,19). The molecule has 0 unspecified atom stereocenters. The van der Waals surface area contributed by atoms with Crippen LogP contribution in [-0.4, -0.2) is 11.5 Å². The van der Waals surface area contributed by atoms with Crippen molar-refractivity contribution >= 4 is 16.6 Å².